The Bertz CT molecular complexity index is 617. The van der Waals surface area contributed by atoms with Gasteiger partial charge in [-0.2, -0.15) is 0 Å². The number of anilines is 1. The molecular formula is C17H23N3O3. The fourth-order valence-electron chi connectivity index (χ4n) is 3.23. The zero-order valence-corrected chi connectivity index (χ0v) is 13.7. The Morgan fingerprint density at radius 2 is 2.22 bits per heavy atom. The number of morpholine rings is 1. The minimum Gasteiger partial charge on any atom is -0.366 e. The van der Waals surface area contributed by atoms with Crippen LogP contribution in [0.25, 0.3) is 0 Å². The quantitative estimate of drug-likeness (QED) is 0.884. The predicted octanol–water partition coefficient (Wildman–Crippen LogP) is 0.542. The summed E-state index contributed by atoms with van der Waals surface area (Å²) in [6.45, 7) is 2.79. The monoisotopic (exact) mass is 317 g/mol. The highest BCUT2D eigenvalue weighted by Crippen LogP contribution is 2.28. The Hall–Kier alpha value is -1.92. The van der Waals surface area contributed by atoms with Gasteiger partial charge in [0.2, 0.25) is 11.8 Å². The second kappa shape index (κ2) is 6.68. The lowest BCUT2D eigenvalue weighted by atomic mass is 9.99. The second-order valence-electron chi connectivity index (χ2n) is 6.12. The van der Waals surface area contributed by atoms with Crippen molar-refractivity contribution in [1.82, 2.24) is 10.2 Å². The van der Waals surface area contributed by atoms with Crippen molar-refractivity contribution in [2.24, 2.45) is 0 Å². The first-order valence-electron chi connectivity index (χ1n) is 8.02. The molecule has 2 aliphatic rings. The Labute approximate surface area is 136 Å². The highest BCUT2D eigenvalue weighted by atomic mass is 16.5. The summed E-state index contributed by atoms with van der Waals surface area (Å²) < 4.78 is 5.52. The van der Waals surface area contributed by atoms with Gasteiger partial charge in [0.25, 0.3) is 0 Å². The summed E-state index contributed by atoms with van der Waals surface area (Å²) in [7, 11) is 3.46. The molecule has 6 nitrogen and oxygen atoms in total. The standard InChI is InChI=1S/C17H23N3O3/c1-18-17(22)15-11-20(7-8-23-15)10-12-3-5-14-13(9-12)4-6-16(21)19(14)2/h3,5,9,15H,4,6-8,10-11H2,1-2H3,(H,18,22). The number of nitrogens with zero attached hydrogens (tertiary/aromatic N) is 2. The van der Waals surface area contributed by atoms with Crippen molar-refractivity contribution >= 4 is 17.5 Å². The molecule has 0 radical (unpaired) electrons. The molecule has 2 aliphatic heterocycles. The molecule has 2 heterocycles. The summed E-state index contributed by atoms with van der Waals surface area (Å²) in [4.78, 5) is 27.5. The van der Waals surface area contributed by atoms with E-state index in [1.54, 1.807) is 11.9 Å². The summed E-state index contributed by atoms with van der Waals surface area (Å²) in [6.07, 6.45) is 0.981. The Kier molecular flexibility index (Phi) is 4.63. The maximum absolute atomic E-state index is 11.8. The minimum atomic E-state index is -0.393. The van der Waals surface area contributed by atoms with Crippen molar-refractivity contribution in [2.75, 3.05) is 38.7 Å². The van der Waals surface area contributed by atoms with Crippen LogP contribution in [0.3, 0.4) is 0 Å². The lowest BCUT2D eigenvalue weighted by molar-refractivity contribution is -0.138. The van der Waals surface area contributed by atoms with E-state index in [-0.39, 0.29) is 11.8 Å². The van der Waals surface area contributed by atoms with E-state index >= 15 is 0 Å². The number of ether oxygens (including phenoxy) is 1. The fourth-order valence-corrected chi connectivity index (χ4v) is 3.23. The number of fused-ring (bicyclic) bond motifs is 1. The number of carbonyl (C=O) groups excluding carboxylic acids is 2. The smallest absolute Gasteiger partial charge is 0.250 e. The van der Waals surface area contributed by atoms with Crippen LogP contribution >= 0.6 is 0 Å². The third-order valence-corrected chi connectivity index (χ3v) is 4.58. The molecule has 124 valence electrons. The van der Waals surface area contributed by atoms with Crippen molar-refractivity contribution in [3.63, 3.8) is 0 Å². The number of rotatable bonds is 3. The van der Waals surface area contributed by atoms with Gasteiger partial charge in [-0.15, -0.1) is 0 Å². The van der Waals surface area contributed by atoms with Crippen molar-refractivity contribution < 1.29 is 14.3 Å². The van der Waals surface area contributed by atoms with E-state index in [1.807, 2.05) is 13.1 Å². The first-order valence-corrected chi connectivity index (χ1v) is 8.02. The van der Waals surface area contributed by atoms with Crippen LogP contribution in [0, 0.1) is 0 Å². The maximum Gasteiger partial charge on any atom is 0.250 e. The number of carbonyl (C=O) groups is 2. The van der Waals surface area contributed by atoms with Crippen LogP contribution in [0.1, 0.15) is 17.5 Å². The summed E-state index contributed by atoms with van der Waals surface area (Å²) in [5, 5.41) is 2.64. The first kappa shape index (κ1) is 16.0. The molecule has 23 heavy (non-hydrogen) atoms. The van der Waals surface area contributed by atoms with Crippen LogP contribution in [-0.4, -0.2) is 56.6 Å². The third-order valence-electron chi connectivity index (χ3n) is 4.58. The summed E-state index contributed by atoms with van der Waals surface area (Å²) in [6, 6.07) is 6.28. The molecule has 0 bridgehead atoms. The third kappa shape index (κ3) is 3.38. The molecule has 0 aromatic heterocycles. The molecule has 1 aromatic carbocycles. The largest absolute Gasteiger partial charge is 0.366 e. The van der Waals surface area contributed by atoms with Crippen molar-refractivity contribution in [3.8, 4) is 0 Å². The van der Waals surface area contributed by atoms with E-state index in [4.69, 9.17) is 4.74 Å². The van der Waals surface area contributed by atoms with Crippen LogP contribution in [0.4, 0.5) is 5.69 Å². The molecular weight excluding hydrogens is 294 g/mol. The zero-order chi connectivity index (χ0) is 16.4. The lowest BCUT2D eigenvalue weighted by Crippen LogP contribution is -2.48. The van der Waals surface area contributed by atoms with Gasteiger partial charge >= 0.3 is 0 Å². The zero-order valence-electron chi connectivity index (χ0n) is 13.7. The number of nitrogens with one attached hydrogen (secondary N) is 1. The number of benzene rings is 1. The fraction of sp³-hybridized carbons (Fsp3) is 0.529. The summed E-state index contributed by atoms with van der Waals surface area (Å²) >= 11 is 0. The van der Waals surface area contributed by atoms with Crippen molar-refractivity contribution in [3.05, 3.63) is 29.3 Å². The molecule has 1 aromatic rings. The highest BCUT2D eigenvalue weighted by Gasteiger charge is 2.26. The van der Waals surface area contributed by atoms with E-state index in [1.165, 1.54) is 11.1 Å². The van der Waals surface area contributed by atoms with E-state index < -0.39 is 6.10 Å². The molecule has 0 spiro atoms. The van der Waals surface area contributed by atoms with Crippen LogP contribution in [0.15, 0.2) is 18.2 Å². The molecule has 1 unspecified atom stereocenters. The Balaban J connectivity index is 1.69. The van der Waals surface area contributed by atoms with E-state index in [9.17, 15) is 9.59 Å². The van der Waals surface area contributed by atoms with Gasteiger partial charge in [0.15, 0.2) is 0 Å². The second-order valence-corrected chi connectivity index (χ2v) is 6.12. The van der Waals surface area contributed by atoms with Gasteiger partial charge in [0.05, 0.1) is 6.61 Å². The number of amides is 2. The number of aryl methyl sites for hydroxylation is 1. The summed E-state index contributed by atoms with van der Waals surface area (Å²) in [5.41, 5.74) is 3.44. The molecule has 3 rings (SSSR count). The molecule has 0 saturated carbocycles. The van der Waals surface area contributed by atoms with E-state index in [0.29, 0.717) is 19.6 Å². The topological polar surface area (TPSA) is 61.9 Å². The molecule has 1 N–H and O–H groups in total. The number of hydrogen-bond donors (Lipinski definition) is 1. The van der Waals surface area contributed by atoms with Gasteiger partial charge in [-0.3, -0.25) is 14.5 Å². The molecule has 1 saturated heterocycles. The molecule has 0 aliphatic carbocycles. The maximum atomic E-state index is 11.8. The molecule has 6 heteroatoms. The number of likely N-dealkylation sites (N-methyl/N-ethyl adjacent to an activating group) is 1. The van der Waals surface area contributed by atoms with Crippen molar-refractivity contribution in [1.29, 1.82) is 0 Å². The van der Waals surface area contributed by atoms with Gasteiger partial charge in [0, 0.05) is 45.8 Å². The predicted molar refractivity (Wildman–Crippen MR) is 87.3 cm³/mol. The Morgan fingerprint density at radius 1 is 1.39 bits per heavy atom. The molecule has 1 atom stereocenters. The lowest BCUT2D eigenvalue weighted by Gasteiger charge is -2.32. The minimum absolute atomic E-state index is 0.0692. The highest BCUT2D eigenvalue weighted by molar-refractivity contribution is 5.95. The Morgan fingerprint density at radius 3 is 3.00 bits per heavy atom. The van der Waals surface area contributed by atoms with Gasteiger partial charge in [-0.1, -0.05) is 12.1 Å². The first-order chi connectivity index (χ1) is 11.1. The van der Waals surface area contributed by atoms with Crippen LogP contribution in [-0.2, 0) is 27.3 Å². The average molecular weight is 317 g/mol. The van der Waals surface area contributed by atoms with Gasteiger partial charge in [-0.25, -0.2) is 0 Å². The summed E-state index contributed by atoms with van der Waals surface area (Å²) in [5.74, 6) is 0.104. The van der Waals surface area contributed by atoms with Crippen LogP contribution in [0.2, 0.25) is 0 Å². The normalized spacial score (nSPS) is 21.9. The van der Waals surface area contributed by atoms with Crippen LogP contribution in [0.5, 0.6) is 0 Å². The van der Waals surface area contributed by atoms with Gasteiger partial charge < -0.3 is 15.0 Å². The van der Waals surface area contributed by atoms with Crippen LogP contribution < -0.4 is 10.2 Å². The van der Waals surface area contributed by atoms with E-state index in [2.05, 4.69) is 22.3 Å². The molecule has 1 fully saturated rings. The van der Waals surface area contributed by atoms with Crippen molar-refractivity contribution in [2.45, 2.75) is 25.5 Å². The van der Waals surface area contributed by atoms with Gasteiger partial charge in [0.1, 0.15) is 6.10 Å². The van der Waals surface area contributed by atoms with Gasteiger partial charge in [-0.05, 0) is 23.6 Å². The SMILES string of the molecule is CNC(=O)C1CN(Cc2ccc3c(c2)CCC(=O)N3C)CCO1. The van der Waals surface area contributed by atoms with E-state index in [0.717, 1.165) is 25.2 Å². The average Bonchev–Trinajstić information content (AvgIpc) is 2.58. The number of hydrogen-bond acceptors (Lipinski definition) is 4. The molecule has 2 amide bonds.